The first-order chi connectivity index (χ1) is 26.1. The highest BCUT2D eigenvalue weighted by molar-refractivity contribution is 5.92. The fraction of sp³-hybridized carbons (Fsp3) is 0.698. The summed E-state index contributed by atoms with van der Waals surface area (Å²) in [5.74, 6) is -2.53. The molecule has 6 rings (SSSR count). The maximum absolute atomic E-state index is 14.2. The Balaban J connectivity index is 1.40. The summed E-state index contributed by atoms with van der Waals surface area (Å²) in [5.41, 5.74) is -0.891. The van der Waals surface area contributed by atoms with Crippen molar-refractivity contribution in [3.63, 3.8) is 0 Å². The lowest BCUT2D eigenvalue weighted by atomic mass is 9.75. The minimum Gasteiger partial charge on any atom is -0.459 e. The van der Waals surface area contributed by atoms with Gasteiger partial charge >= 0.3 is 5.97 Å². The molecule has 12 nitrogen and oxygen atoms in total. The van der Waals surface area contributed by atoms with Gasteiger partial charge in [-0.2, -0.15) is 0 Å². The minimum absolute atomic E-state index is 0.0268. The number of esters is 1. The molecule has 4 aliphatic heterocycles. The van der Waals surface area contributed by atoms with Crippen LogP contribution in [0.3, 0.4) is 0 Å². The van der Waals surface area contributed by atoms with Crippen molar-refractivity contribution in [2.75, 3.05) is 27.3 Å². The summed E-state index contributed by atoms with van der Waals surface area (Å²) in [4.78, 5) is 36.2. The third-order valence-corrected chi connectivity index (χ3v) is 12.6. The van der Waals surface area contributed by atoms with E-state index in [1.165, 1.54) is 0 Å². The van der Waals surface area contributed by atoms with Crippen LogP contribution < -0.4 is 0 Å². The second-order valence-corrected chi connectivity index (χ2v) is 17.1. The molecule has 4 fully saturated rings. The molecule has 12 heteroatoms. The van der Waals surface area contributed by atoms with Gasteiger partial charge in [0.15, 0.2) is 17.7 Å². The fourth-order valence-corrected chi connectivity index (χ4v) is 9.56. The predicted molar refractivity (Wildman–Crippen MR) is 207 cm³/mol. The van der Waals surface area contributed by atoms with E-state index in [2.05, 4.69) is 30.3 Å². The van der Waals surface area contributed by atoms with Crippen LogP contribution in [0.25, 0.3) is 10.8 Å². The maximum Gasteiger partial charge on any atom is 0.311 e. The number of hydrogen-bond acceptors (Lipinski definition) is 12. The van der Waals surface area contributed by atoms with E-state index < -0.39 is 71.7 Å². The van der Waals surface area contributed by atoms with Gasteiger partial charge in [0.05, 0.1) is 49.1 Å². The van der Waals surface area contributed by atoms with Crippen molar-refractivity contribution in [1.29, 1.82) is 0 Å². The first-order valence-corrected chi connectivity index (χ1v) is 20.1. The van der Waals surface area contributed by atoms with E-state index in [1.807, 2.05) is 77.9 Å². The van der Waals surface area contributed by atoms with Crippen LogP contribution in [0.2, 0.25) is 0 Å². The zero-order valence-corrected chi connectivity index (χ0v) is 34.2. The number of oxime groups is 1. The van der Waals surface area contributed by atoms with Crippen molar-refractivity contribution < 1.29 is 48.0 Å². The smallest absolute Gasteiger partial charge is 0.311 e. The van der Waals surface area contributed by atoms with Gasteiger partial charge in [0.25, 0.3) is 0 Å². The number of hydrogen-bond donors (Lipinski definition) is 1. The number of aliphatic hydroxyl groups is 1. The molecule has 1 N–H and O–H groups in total. The summed E-state index contributed by atoms with van der Waals surface area (Å²) in [5, 5.41) is 18.4. The van der Waals surface area contributed by atoms with Crippen LogP contribution in [0, 0.1) is 23.7 Å². The van der Waals surface area contributed by atoms with Crippen molar-refractivity contribution in [2.45, 2.75) is 141 Å². The molecule has 14 atom stereocenters. The first kappa shape index (κ1) is 41.7. The summed E-state index contributed by atoms with van der Waals surface area (Å²) in [6, 6.07) is 14.0. The Morgan fingerprint density at radius 1 is 0.964 bits per heavy atom. The number of benzene rings is 2. The Hall–Kier alpha value is -2.97. The number of fused-ring (bicyclic) bond motifs is 6. The van der Waals surface area contributed by atoms with Gasteiger partial charge in [-0.05, 0) is 83.3 Å². The Labute approximate surface area is 326 Å². The van der Waals surface area contributed by atoms with E-state index in [9.17, 15) is 14.7 Å². The van der Waals surface area contributed by atoms with E-state index in [0.717, 1.165) is 16.3 Å². The summed E-state index contributed by atoms with van der Waals surface area (Å²) in [6.07, 6.45) is -3.48. The molecule has 0 saturated carbocycles. The standard InChI is InChI=1S/C43H62N2O10/c1-11-34-43(8)38(47)26(4)36(55-43)24(2)20-42(7)39(54-41-35(46)33(45(9)10)19-25(3)52-41)27(5)37(28(6)40(48)53-34)49-22-31(23-50-42)44-51-21-30-17-14-16-29-15-12-13-18-32(29)30/h12-18,24-28,33-37,39,41,46H,11,19-23H2,1-10H3/b44-31+/t24-,25-,26?,27-,28-,33+,34-,35-,36?,37+,39-,41+,42+,43?/m1/s1. The number of nitrogens with zero attached hydrogens (tertiary/aromatic N) is 2. The lowest BCUT2D eigenvalue weighted by Crippen LogP contribution is -2.59. The van der Waals surface area contributed by atoms with Gasteiger partial charge in [0.1, 0.15) is 24.5 Å². The van der Waals surface area contributed by atoms with Gasteiger partial charge < -0.3 is 43.3 Å². The van der Waals surface area contributed by atoms with Crippen LogP contribution in [0.4, 0.5) is 0 Å². The van der Waals surface area contributed by atoms with Gasteiger partial charge in [0.2, 0.25) is 0 Å². The number of carbonyl (C=O) groups is 2. The van der Waals surface area contributed by atoms with Crippen LogP contribution >= 0.6 is 0 Å². The number of likely N-dealkylation sites (N-methyl/N-ethyl adjacent to an activating group) is 1. The van der Waals surface area contributed by atoms with Crippen molar-refractivity contribution in [3.05, 3.63) is 48.0 Å². The molecule has 0 spiro atoms. The highest BCUT2D eigenvalue weighted by Gasteiger charge is 2.58. The predicted octanol–water partition coefficient (Wildman–Crippen LogP) is 5.69. The van der Waals surface area contributed by atoms with E-state index in [-0.39, 0.29) is 43.7 Å². The molecule has 55 heavy (non-hydrogen) atoms. The van der Waals surface area contributed by atoms with Crippen molar-refractivity contribution in [2.24, 2.45) is 28.8 Å². The zero-order chi connectivity index (χ0) is 39.8. The van der Waals surface area contributed by atoms with Gasteiger partial charge in [-0.25, -0.2) is 0 Å². The summed E-state index contributed by atoms with van der Waals surface area (Å²) in [7, 11) is 3.87. The van der Waals surface area contributed by atoms with Crippen molar-refractivity contribution in [3.8, 4) is 0 Å². The molecule has 3 unspecified atom stereocenters. The monoisotopic (exact) mass is 766 g/mol. The highest BCUT2D eigenvalue weighted by atomic mass is 16.7. The number of ketones is 1. The highest BCUT2D eigenvalue weighted by Crippen LogP contribution is 2.45. The topological polar surface area (TPSA) is 135 Å². The molecule has 4 aliphatic rings. The molecule has 4 heterocycles. The quantitative estimate of drug-likeness (QED) is 0.275. The molecule has 304 valence electrons. The largest absolute Gasteiger partial charge is 0.459 e. The Morgan fingerprint density at radius 2 is 1.69 bits per heavy atom. The number of cyclic esters (lactones) is 1. The van der Waals surface area contributed by atoms with E-state index in [4.69, 9.17) is 33.3 Å². The summed E-state index contributed by atoms with van der Waals surface area (Å²) >= 11 is 0. The third-order valence-electron chi connectivity index (χ3n) is 12.6. The van der Waals surface area contributed by atoms with Crippen molar-refractivity contribution >= 4 is 28.2 Å². The van der Waals surface area contributed by atoms with E-state index in [1.54, 1.807) is 13.8 Å². The second kappa shape index (κ2) is 16.9. The molecule has 0 aromatic heterocycles. The number of Topliss-reactive ketones (excluding diaryl/α,β-unsaturated/α-hetero) is 1. The molecule has 4 saturated heterocycles. The van der Waals surface area contributed by atoms with Crippen LogP contribution in [-0.2, 0) is 49.5 Å². The van der Waals surface area contributed by atoms with Crippen LogP contribution in [-0.4, -0.2) is 115 Å². The van der Waals surface area contributed by atoms with Crippen LogP contribution in [0.15, 0.2) is 47.6 Å². The first-order valence-electron chi connectivity index (χ1n) is 20.1. The molecule has 2 aromatic carbocycles. The Bertz CT molecular complexity index is 1700. The minimum atomic E-state index is -1.30. The van der Waals surface area contributed by atoms with Crippen LogP contribution in [0.1, 0.15) is 80.2 Å². The maximum atomic E-state index is 14.2. The molecule has 4 bridgehead atoms. The molecular weight excluding hydrogens is 704 g/mol. The summed E-state index contributed by atoms with van der Waals surface area (Å²) in [6.45, 7) is 15.6. The molecule has 0 amide bonds. The number of ether oxygens (including phenoxy) is 6. The summed E-state index contributed by atoms with van der Waals surface area (Å²) < 4.78 is 39.8. The zero-order valence-electron chi connectivity index (χ0n) is 34.2. The van der Waals surface area contributed by atoms with E-state index >= 15 is 0 Å². The van der Waals surface area contributed by atoms with E-state index in [0.29, 0.717) is 25.0 Å². The normalized spacial score (nSPS) is 41.2. The Morgan fingerprint density at radius 3 is 2.42 bits per heavy atom. The van der Waals surface area contributed by atoms with Crippen molar-refractivity contribution in [1.82, 2.24) is 4.90 Å². The molecule has 2 aromatic rings. The Kier molecular flexibility index (Phi) is 12.8. The van der Waals surface area contributed by atoms with Gasteiger partial charge in [-0.1, -0.05) is 75.3 Å². The lowest BCUT2D eigenvalue weighted by molar-refractivity contribution is -0.302. The molecular formula is C43H62N2O10. The third kappa shape index (κ3) is 8.37. The SMILES string of the molecule is CC[C@H]1OC(=O)[C@H](C)[C@H]2OC/C(=N\OCc3cccc4ccccc34)CO[C@@](C)(C[C@@H](C)C3OC1(C)C(=O)C3C)[C@H](O[C@@H]1O[C@H](C)C[C@H](N(C)C)[C@H]1O)[C@@H]2C. The second-order valence-electron chi connectivity index (χ2n) is 17.1. The fourth-order valence-electron chi connectivity index (χ4n) is 9.56. The number of aliphatic hydroxyl groups excluding tert-OH is 1. The number of carbonyl (C=O) groups excluding carboxylic acids is 2. The molecule has 0 radical (unpaired) electrons. The molecule has 0 aliphatic carbocycles. The number of rotatable bonds is 7. The average molecular weight is 767 g/mol. The lowest BCUT2D eigenvalue weighted by Gasteiger charge is -2.48. The van der Waals surface area contributed by atoms with Crippen LogP contribution in [0.5, 0.6) is 0 Å². The van der Waals surface area contributed by atoms with Gasteiger partial charge in [0, 0.05) is 17.9 Å². The van der Waals surface area contributed by atoms with Gasteiger partial charge in [-0.3, -0.25) is 9.59 Å². The van der Waals surface area contributed by atoms with Gasteiger partial charge in [-0.15, -0.1) is 0 Å². The average Bonchev–Trinajstić information content (AvgIpc) is 3.41.